The maximum absolute atomic E-state index is 8.76. The van der Waals surface area contributed by atoms with Crippen LogP contribution < -0.4 is 29.6 Å². The molecule has 0 saturated carbocycles. The van der Waals surface area contributed by atoms with Gasteiger partial charge in [-0.2, -0.15) is 0 Å². The van der Waals surface area contributed by atoms with Crippen LogP contribution in [-0.4, -0.2) is 28.3 Å². The van der Waals surface area contributed by atoms with Gasteiger partial charge in [0.1, 0.15) is 0 Å². The zero-order valence-corrected chi connectivity index (χ0v) is 6.87. The second-order valence-electron chi connectivity index (χ2n) is 0.231. The predicted octanol–water partition coefficient (Wildman–Crippen LogP) is -4.79. The Morgan fingerprint density at radius 1 is 1.33 bits per heavy atom. The Balaban J connectivity index is -0.0000000450. The Hall–Kier alpha value is 1.20. The van der Waals surface area contributed by atoms with Crippen molar-refractivity contribution in [1.82, 2.24) is 0 Å². The van der Waals surface area contributed by atoms with E-state index in [0.29, 0.717) is 0 Å². The molecule has 4 nitrogen and oxygen atoms in total. The van der Waals surface area contributed by atoms with Crippen molar-refractivity contribution in [2.24, 2.45) is 0 Å². The molecule has 0 rings (SSSR count). The summed E-state index contributed by atoms with van der Waals surface area (Å²) in [6.07, 6.45) is 0. The number of hydrogen-bond donors (Lipinski definition) is 2. The van der Waals surface area contributed by atoms with Gasteiger partial charge in [0.25, 0.3) is 0 Å². The van der Waals surface area contributed by atoms with Crippen LogP contribution in [0.1, 0.15) is 0 Å². The van der Waals surface area contributed by atoms with Gasteiger partial charge < -0.3 is 5.48 Å². The minimum absolute atomic E-state index is 0. The molecule has 0 amide bonds. The fraction of sp³-hybridized carbons (Fsp3) is 0. The molecule has 0 spiro atoms. The topological polar surface area (TPSA) is 87.5 Å². The maximum atomic E-state index is 8.76. The maximum Gasteiger partial charge on any atom is 1.00 e. The molecule has 0 aromatic rings. The molecule has 0 aliphatic carbocycles. The molecule has 0 aromatic heterocycles. The number of hydrogen-bond acceptors (Lipinski definition) is 2. The smallest absolute Gasteiger partial charge is 0.870 e. The van der Waals surface area contributed by atoms with Crippen LogP contribution in [0.25, 0.3) is 0 Å². The summed E-state index contributed by atoms with van der Waals surface area (Å²) < 4.78 is 23.1. The molecule has 0 fully saturated rings. The summed E-state index contributed by atoms with van der Waals surface area (Å²) in [7, 11) is 0. The third kappa shape index (κ3) is 63.7. The van der Waals surface area contributed by atoms with Gasteiger partial charge >= 0.3 is 56.3 Å². The second-order valence-corrected chi connectivity index (χ2v) is 1.20. The van der Waals surface area contributed by atoms with E-state index in [2.05, 4.69) is 0 Å². The first-order valence-electron chi connectivity index (χ1n) is 0.532. The zero-order valence-electron chi connectivity index (χ0n) is 3.16. The summed E-state index contributed by atoms with van der Waals surface area (Å²) in [6, 6.07) is 0. The van der Waals surface area contributed by atoms with E-state index in [1.807, 2.05) is 0 Å². The van der Waals surface area contributed by atoms with Gasteiger partial charge in [-0.15, -0.1) is 0 Å². The van der Waals surface area contributed by atoms with Crippen molar-refractivity contribution in [2.75, 3.05) is 0 Å². The van der Waals surface area contributed by atoms with E-state index >= 15 is 0 Å². The molecule has 34 valence electrons. The van der Waals surface area contributed by atoms with E-state index < -0.39 is 14.5 Å². The average molecular weight is 169 g/mol. The van der Waals surface area contributed by atoms with Gasteiger partial charge in [0, 0.05) is 0 Å². The van der Waals surface area contributed by atoms with Crippen LogP contribution in [-0.2, 0) is 3.83 Å². The Labute approximate surface area is 61.5 Å². The normalized spacial score (nSPS) is 5.83. The van der Waals surface area contributed by atoms with E-state index in [-0.39, 0.29) is 35.0 Å². The minimum Gasteiger partial charge on any atom is -0.870 e. The van der Waals surface area contributed by atoms with Crippen molar-refractivity contribution in [3.05, 3.63) is 0 Å². The minimum atomic E-state index is -3.29. The second kappa shape index (κ2) is 9.50. The Morgan fingerprint density at radius 2 is 1.33 bits per heavy atom. The quantitative estimate of drug-likeness (QED) is 0.356. The first kappa shape index (κ1) is 15.7. The van der Waals surface area contributed by atoms with Gasteiger partial charge in [-0.1, -0.05) is 0 Å². The van der Waals surface area contributed by atoms with Crippen LogP contribution in [0.5, 0.6) is 0 Å². The summed E-state index contributed by atoms with van der Waals surface area (Å²) in [6.45, 7) is 0. The van der Waals surface area contributed by atoms with Gasteiger partial charge in [-0.05, 0) is 0 Å². The first-order chi connectivity index (χ1) is 1.73. The monoisotopic (exact) mass is 170 g/mol. The fourth-order valence-corrected chi connectivity index (χ4v) is 0. The average Bonchev–Trinajstić information content (AvgIpc) is 0.811. The van der Waals surface area contributed by atoms with Crippen LogP contribution >= 0.6 is 0 Å². The molecule has 0 saturated heterocycles. The molecule has 0 heterocycles. The van der Waals surface area contributed by atoms with Gasteiger partial charge in [0.05, 0.1) is 0 Å². The van der Waals surface area contributed by atoms with Crippen molar-refractivity contribution in [1.29, 1.82) is 0 Å². The van der Waals surface area contributed by atoms with E-state index in [1.165, 1.54) is 0 Å². The summed E-state index contributed by atoms with van der Waals surface area (Å²) in [4.78, 5) is 0. The van der Waals surface area contributed by atoms with E-state index in [1.54, 1.807) is 0 Å². The first-order valence-corrected chi connectivity index (χ1v) is 2.76. The van der Waals surface area contributed by atoms with Crippen LogP contribution in [0.15, 0.2) is 0 Å². The Kier molecular flexibility index (Phi) is 24.9. The summed E-state index contributed by atoms with van der Waals surface area (Å²) in [5.74, 6) is 0. The summed E-state index contributed by atoms with van der Waals surface area (Å²) >= 11 is -3.29. The Bertz CT molecular complexity index is 30.5. The molecule has 6 heavy (non-hydrogen) atoms. The van der Waals surface area contributed by atoms with Crippen molar-refractivity contribution in [3.63, 3.8) is 0 Å². The third-order valence-corrected chi connectivity index (χ3v) is 0. The van der Waals surface area contributed by atoms with Gasteiger partial charge in [0.15, 0.2) is 0 Å². The molecule has 0 atom stereocenters. The molecular weight excluding hydrogens is 166 g/mol. The summed E-state index contributed by atoms with van der Waals surface area (Å²) in [5, 5.41) is 0. The third-order valence-electron chi connectivity index (χ3n) is 0. The van der Waals surface area contributed by atoms with Crippen molar-refractivity contribution >= 4 is 14.5 Å². The molecular formula is H3NaO4Se. The predicted molar refractivity (Wildman–Crippen MR) is 12.8 cm³/mol. The van der Waals surface area contributed by atoms with Gasteiger partial charge in [0.2, 0.25) is 0 Å². The van der Waals surface area contributed by atoms with Crippen LogP contribution in [0.4, 0.5) is 0 Å². The van der Waals surface area contributed by atoms with Crippen LogP contribution in [0.2, 0.25) is 0 Å². The molecule has 0 aliphatic rings. The fourth-order valence-electron chi connectivity index (χ4n) is 0. The number of rotatable bonds is 0. The molecule has 0 bridgehead atoms. The van der Waals surface area contributed by atoms with E-state index in [0.717, 1.165) is 0 Å². The largest absolute Gasteiger partial charge is 1.00 e. The summed E-state index contributed by atoms with van der Waals surface area (Å²) in [5.41, 5.74) is 0. The molecule has 0 radical (unpaired) electrons. The van der Waals surface area contributed by atoms with Gasteiger partial charge in [-0.3, -0.25) is 0 Å². The standard InChI is InChI=1S/Na.H2O3Se.H2O/c;1-4(2)3;/h;(H2,1,2,3);1H2/q+1;;/p-1. The van der Waals surface area contributed by atoms with Crippen LogP contribution in [0, 0.1) is 0 Å². The molecule has 0 aromatic carbocycles. The van der Waals surface area contributed by atoms with E-state index in [4.69, 9.17) is 12.2 Å². The van der Waals surface area contributed by atoms with Crippen molar-refractivity contribution < 1.29 is 47.2 Å². The Morgan fingerprint density at radius 3 is 1.33 bits per heavy atom. The molecule has 0 unspecified atom stereocenters. The van der Waals surface area contributed by atoms with Crippen molar-refractivity contribution in [3.8, 4) is 0 Å². The van der Waals surface area contributed by atoms with Crippen molar-refractivity contribution in [2.45, 2.75) is 0 Å². The molecule has 0 aliphatic heterocycles. The molecule has 6 heteroatoms. The van der Waals surface area contributed by atoms with E-state index in [9.17, 15) is 0 Å². The van der Waals surface area contributed by atoms with Gasteiger partial charge in [-0.25, -0.2) is 0 Å². The molecule has 3 N–H and O–H groups in total. The van der Waals surface area contributed by atoms with Crippen LogP contribution in [0.3, 0.4) is 0 Å². The zero-order chi connectivity index (χ0) is 3.58. The SMILES string of the molecule is O=[Se](O)O.[Na+].[OH-].